The molecule has 1 atom stereocenters. The normalized spacial score (nSPS) is 16.3. The van der Waals surface area contributed by atoms with Crippen LogP contribution in [0.4, 0.5) is 10.1 Å². The number of halogens is 1. The van der Waals surface area contributed by atoms with Gasteiger partial charge in [-0.3, -0.25) is 0 Å². The van der Waals surface area contributed by atoms with Crippen molar-refractivity contribution in [1.82, 2.24) is 0 Å². The van der Waals surface area contributed by atoms with E-state index in [1.165, 1.54) is 5.56 Å². The van der Waals surface area contributed by atoms with Crippen LogP contribution >= 0.6 is 0 Å². The maximum Gasteiger partial charge on any atom is 0.127 e. The molecule has 1 heterocycles. The van der Waals surface area contributed by atoms with E-state index < -0.39 is 6.17 Å². The Balaban J connectivity index is 2.24. The maximum absolute atomic E-state index is 14.0. The number of fused-ring (bicyclic) bond motifs is 1. The molecular formula is C13H18FN. The lowest BCUT2D eigenvalue weighted by Gasteiger charge is -2.15. The molecule has 0 aromatic heterocycles. The second kappa shape index (κ2) is 4.21. The average Bonchev–Trinajstić information content (AvgIpc) is 2.63. The van der Waals surface area contributed by atoms with Crippen LogP contribution in [0, 0.1) is 5.92 Å². The molecule has 1 aliphatic rings. The van der Waals surface area contributed by atoms with E-state index in [0.29, 0.717) is 12.3 Å². The van der Waals surface area contributed by atoms with Gasteiger partial charge in [-0.05, 0) is 24.3 Å². The second-order valence-electron chi connectivity index (χ2n) is 4.66. The highest BCUT2D eigenvalue weighted by atomic mass is 19.1. The number of benzene rings is 1. The fourth-order valence-corrected chi connectivity index (χ4v) is 2.17. The number of anilines is 1. The van der Waals surface area contributed by atoms with Crippen molar-refractivity contribution in [3.8, 4) is 0 Å². The third kappa shape index (κ3) is 2.14. The second-order valence-corrected chi connectivity index (χ2v) is 4.66. The van der Waals surface area contributed by atoms with Crippen LogP contribution in [0.3, 0.4) is 0 Å². The van der Waals surface area contributed by atoms with Crippen LogP contribution < -0.4 is 5.32 Å². The number of hydrogen-bond acceptors (Lipinski definition) is 1. The number of nitrogens with one attached hydrogen (secondary N) is 1. The number of rotatable bonds is 3. The minimum atomic E-state index is -0.828. The van der Waals surface area contributed by atoms with Gasteiger partial charge in [0.1, 0.15) is 6.17 Å². The molecule has 0 bridgehead atoms. The van der Waals surface area contributed by atoms with Crippen molar-refractivity contribution in [2.45, 2.75) is 32.9 Å². The van der Waals surface area contributed by atoms with Crippen LogP contribution in [0.15, 0.2) is 18.2 Å². The summed E-state index contributed by atoms with van der Waals surface area (Å²) < 4.78 is 14.0. The first kappa shape index (κ1) is 10.5. The minimum absolute atomic E-state index is 0.400. The van der Waals surface area contributed by atoms with Crippen LogP contribution in [-0.4, -0.2) is 6.54 Å². The van der Waals surface area contributed by atoms with E-state index >= 15 is 0 Å². The quantitative estimate of drug-likeness (QED) is 0.796. The summed E-state index contributed by atoms with van der Waals surface area (Å²) in [6.45, 7) is 5.06. The maximum atomic E-state index is 14.0. The van der Waals surface area contributed by atoms with E-state index in [4.69, 9.17) is 0 Å². The topological polar surface area (TPSA) is 12.0 Å². The van der Waals surface area contributed by atoms with E-state index in [-0.39, 0.29) is 0 Å². The lowest BCUT2D eigenvalue weighted by atomic mass is 9.97. The molecule has 1 nitrogen and oxygen atoms in total. The number of hydrogen-bond donors (Lipinski definition) is 1. The highest BCUT2D eigenvalue weighted by Crippen LogP contribution is 2.35. The van der Waals surface area contributed by atoms with Gasteiger partial charge in [-0.25, -0.2) is 4.39 Å². The monoisotopic (exact) mass is 207 g/mol. The van der Waals surface area contributed by atoms with Gasteiger partial charge in [-0.1, -0.05) is 32.0 Å². The summed E-state index contributed by atoms with van der Waals surface area (Å²) in [5.41, 5.74) is 3.16. The summed E-state index contributed by atoms with van der Waals surface area (Å²) in [7, 11) is 0. The Bertz CT molecular complexity index is 346. The Labute approximate surface area is 90.7 Å². The summed E-state index contributed by atoms with van der Waals surface area (Å²) in [6, 6.07) is 5.96. The summed E-state index contributed by atoms with van der Waals surface area (Å²) in [5.74, 6) is 0.400. The molecule has 1 aliphatic heterocycles. The zero-order chi connectivity index (χ0) is 10.8. The van der Waals surface area contributed by atoms with E-state index in [2.05, 4.69) is 25.2 Å². The first-order chi connectivity index (χ1) is 7.18. The van der Waals surface area contributed by atoms with Gasteiger partial charge < -0.3 is 5.32 Å². The molecule has 0 saturated carbocycles. The number of para-hydroxylation sites is 1. The van der Waals surface area contributed by atoms with Gasteiger partial charge >= 0.3 is 0 Å². The van der Waals surface area contributed by atoms with Gasteiger partial charge in [-0.15, -0.1) is 0 Å². The van der Waals surface area contributed by atoms with E-state index in [1.54, 1.807) is 0 Å². The molecule has 1 aromatic rings. The van der Waals surface area contributed by atoms with Gasteiger partial charge in [0.25, 0.3) is 0 Å². The van der Waals surface area contributed by atoms with Crippen molar-refractivity contribution in [2.24, 2.45) is 5.92 Å². The molecule has 0 fully saturated rings. The average molecular weight is 207 g/mol. The van der Waals surface area contributed by atoms with Crippen LogP contribution in [0.5, 0.6) is 0 Å². The standard InChI is InChI=1S/C13H18FN/c1-9(2)8-12(14)11-5-3-4-10-6-7-15-13(10)11/h3-5,9,12,15H,6-8H2,1-2H3. The molecule has 82 valence electrons. The molecule has 1 unspecified atom stereocenters. The Morgan fingerprint density at radius 3 is 2.93 bits per heavy atom. The van der Waals surface area contributed by atoms with Crippen molar-refractivity contribution >= 4 is 5.69 Å². The first-order valence-corrected chi connectivity index (χ1v) is 5.68. The van der Waals surface area contributed by atoms with Crippen molar-refractivity contribution in [3.63, 3.8) is 0 Å². The smallest absolute Gasteiger partial charge is 0.127 e. The predicted octanol–water partition coefficient (Wildman–Crippen LogP) is 3.71. The van der Waals surface area contributed by atoms with Gasteiger partial charge in [-0.2, -0.15) is 0 Å². The molecule has 1 N–H and O–H groups in total. The van der Waals surface area contributed by atoms with Crippen LogP contribution in [0.25, 0.3) is 0 Å². The summed E-state index contributed by atoms with van der Waals surface area (Å²) in [6.07, 6.45) is 0.806. The number of alkyl halides is 1. The van der Waals surface area contributed by atoms with Crippen molar-refractivity contribution < 1.29 is 4.39 Å². The van der Waals surface area contributed by atoms with Gasteiger partial charge in [0, 0.05) is 17.8 Å². The Morgan fingerprint density at radius 1 is 1.40 bits per heavy atom. The van der Waals surface area contributed by atoms with Crippen LogP contribution in [-0.2, 0) is 6.42 Å². The third-order valence-corrected chi connectivity index (χ3v) is 2.89. The molecular weight excluding hydrogens is 189 g/mol. The van der Waals surface area contributed by atoms with Crippen molar-refractivity contribution in [3.05, 3.63) is 29.3 Å². The van der Waals surface area contributed by atoms with Crippen LogP contribution in [0.1, 0.15) is 37.6 Å². The Morgan fingerprint density at radius 2 is 2.20 bits per heavy atom. The fourth-order valence-electron chi connectivity index (χ4n) is 2.17. The van der Waals surface area contributed by atoms with Crippen molar-refractivity contribution in [2.75, 3.05) is 11.9 Å². The van der Waals surface area contributed by atoms with Crippen molar-refractivity contribution in [1.29, 1.82) is 0 Å². The molecule has 2 rings (SSSR count). The Kier molecular flexibility index (Phi) is 2.94. The largest absolute Gasteiger partial charge is 0.384 e. The third-order valence-electron chi connectivity index (χ3n) is 2.89. The molecule has 0 aliphatic carbocycles. The summed E-state index contributed by atoms with van der Waals surface area (Å²) >= 11 is 0. The zero-order valence-corrected chi connectivity index (χ0v) is 9.39. The summed E-state index contributed by atoms with van der Waals surface area (Å²) in [4.78, 5) is 0. The molecule has 0 radical (unpaired) electrons. The summed E-state index contributed by atoms with van der Waals surface area (Å²) in [5, 5.41) is 3.28. The van der Waals surface area contributed by atoms with Crippen LogP contribution in [0.2, 0.25) is 0 Å². The van der Waals surface area contributed by atoms with E-state index in [1.807, 2.05) is 12.1 Å². The molecule has 15 heavy (non-hydrogen) atoms. The van der Waals surface area contributed by atoms with Gasteiger partial charge in [0.15, 0.2) is 0 Å². The lowest BCUT2D eigenvalue weighted by Crippen LogP contribution is -2.01. The highest BCUT2D eigenvalue weighted by molar-refractivity contribution is 5.61. The molecule has 0 amide bonds. The Hall–Kier alpha value is -1.05. The molecule has 0 saturated heterocycles. The molecule has 2 heteroatoms. The first-order valence-electron chi connectivity index (χ1n) is 5.68. The molecule has 0 spiro atoms. The van der Waals surface area contributed by atoms with Gasteiger partial charge in [0.05, 0.1) is 0 Å². The highest BCUT2D eigenvalue weighted by Gasteiger charge is 2.20. The van der Waals surface area contributed by atoms with E-state index in [0.717, 1.165) is 24.2 Å². The SMILES string of the molecule is CC(C)CC(F)c1cccc2c1NCC2. The lowest BCUT2D eigenvalue weighted by molar-refractivity contribution is 0.290. The van der Waals surface area contributed by atoms with E-state index in [9.17, 15) is 4.39 Å². The minimum Gasteiger partial charge on any atom is -0.384 e. The molecule has 1 aromatic carbocycles. The fraction of sp³-hybridized carbons (Fsp3) is 0.538. The predicted molar refractivity (Wildman–Crippen MR) is 61.9 cm³/mol. The van der Waals surface area contributed by atoms with Gasteiger partial charge in [0.2, 0.25) is 0 Å². The zero-order valence-electron chi connectivity index (χ0n) is 9.39.